The van der Waals surface area contributed by atoms with Gasteiger partial charge in [0.2, 0.25) is 0 Å². The van der Waals surface area contributed by atoms with Crippen LogP contribution in [0.1, 0.15) is 24.4 Å². The molecule has 0 bridgehead atoms. The highest BCUT2D eigenvalue weighted by Gasteiger charge is 2.27. The van der Waals surface area contributed by atoms with Gasteiger partial charge in [-0.1, -0.05) is 23.7 Å². The summed E-state index contributed by atoms with van der Waals surface area (Å²) < 4.78 is 51.4. The Hall–Kier alpha value is -3.01. The van der Waals surface area contributed by atoms with Gasteiger partial charge >= 0.3 is 5.97 Å². The fourth-order valence-electron chi connectivity index (χ4n) is 3.44. The molecule has 0 saturated carbocycles. The number of hydrogen-bond acceptors (Lipinski definition) is 4. The lowest BCUT2D eigenvalue weighted by atomic mass is 10.1. The lowest BCUT2D eigenvalue weighted by Gasteiger charge is -2.22. The Morgan fingerprint density at radius 2 is 1.53 bits per heavy atom. The van der Waals surface area contributed by atoms with Crippen LogP contribution in [-0.2, 0) is 14.8 Å². The molecule has 0 spiro atoms. The Balaban J connectivity index is 0.000000226. The highest BCUT2D eigenvalue weighted by atomic mass is 35.5. The highest BCUT2D eigenvalue weighted by molar-refractivity contribution is 7.92. The number of carboxylic acids is 1. The first-order chi connectivity index (χ1) is 16.2. The summed E-state index contributed by atoms with van der Waals surface area (Å²) in [4.78, 5) is 10.8. The van der Waals surface area contributed by atoms with E-state index < -0.39 is 28.4 Å². The van der Waals surface area contributed by atoms with Gasteiger partial charge in [0, 0.05) is 11.1 Å². The van der Waals surface area contributed by atoms with Crippen LogP contribution < -0.4 is 9.62 Å². The largest absolute Gasteiger partial charge is 0.480 e. The number of hydrogen-bond donors (Lipinski definition) is 2. The van der Waals surface area contributed by atoms with E-state index in [9.17, 15) is 22.0 Å². The van der Waals surface area contributed by atoms with E-state index in [1.165, 1.54) is 54.8 Å². The van der Waals surface area contributed by atoms with E-state index in [1.807, 2.05) is 12.1 Å². The molecule has 1 fully saturated rings. The molecule has 3 aromatic rings. The second kappa shape index (κ2) is 11.4. The Morgan fingerprint density at radius 1 is 0.971 bits per heavy atom. The molecule has 0 aliphatic carbocycles. The van der Waals surface area contributed by atoms with Gasteiger partial charge in [0.25, 0.3) is 10.0 Å². The highest BCUT2D eigenvalue weighted by Crippen LogP contribution is 2.25. The van der Waals surface area contributed by atoms with Crippen LogP contribution in [0, 0.1) is 11.6 Å². The van der Waals surface area contributed by atoms with Crippen molar-refractivity contribution in [2.75, 3.05) is 17.4 Å². The molecule has 1 saturated heterocycles. The van der Waals surface area contributed by atoms with Crippen molar-refractivity contribution >= 4 is 33.3 Å². The minimum atomic E-state index is -4.14. The van der Waals surface area contributed by atoms with E-state index in [4.69, 9.17) is 16.7 Å². The third kappa shape index (κ3) is 6.75. The van der Waals surface area contributed by atoms with E-state index in [0.717, 1.165) is 35.1 Å². The van der Waals surface area contributed by atoms with Crippen molar-refractivity contribution in [3.05, 3.63) is 95.0 Å². The number of carboxylic acid groups (broad SMARTS) is 1. The molecule has 1 atom stereocenters. The Kier molecular flexibility index (Phi) is 8.60. The molecule has 0 radical (unpaired) electrons. The average Bonchev–Trinajstić information content (AvgIpc) is 3.34. The van der Waals surface area contributed by atoms with Crippen molar-refractivity contribution in [1.82, 2.24) is 5.32 Å². The smallest absolute Gasteiger partial charge is 0.324 e. The molecular weight excluding hydrogens is 486 g/mol. The van der Waals surface area contributed by atoms with Crippen LogP contribution in [0.25, 0.3) is 0 Å². The molecular formula is C24H23ClF2N2O4S. The number of halogens is 3. The molecule has 3 aromatic carbocycles. The third-order valence-corrected chi connectivity index (χ3v) is 7.17. The molecule has 2 N–H and O–H groups in total. The van der Waals surface area contributed by atoms with Crippen LogP contribution in [0.3, 0.4) is 0 Å². The number of nitrogens with one attached hydrogen (secondary N) is 1. The van der Waals surface area contributed by atoms with Crippen molar-refractivity contribution < 1.29 is 27.1 Å². The van der Waals surface area contributed by atoms with E-state index >= 15 is 0 Å². The van der Waals surface area contributed by atoms with E-state index in [1.54, 1.807) is 0 Å². The summed E-state index contributed by atoms with van der Waals surface area (Å²) >= 11 is 5.74. The topological polar surface area (TPSA) is 86.7 Å². The lowest BCUT2D eigenvalue weighted by Crippen LogP contribution is -2.35. The van der Waals surface area contributed by atoms with Gasteiger partial charge in [-0.2, -0.15) is 0 Å². The monoisotopic (exact) mass is 508 g/mol. The van der Waals surface area contributed by atoms with Crippen molar-refractivity contribution in [3.8, 4) is 0 Å². The molecule has 180 valence electrons. The zero-order chi connectivity index (χ0) is 24.7. The number of benzene rings is 3. The summed E-state index contributed by atoms with van der Waals surface area (Å²) in [6.45, 7) is 0.323. The summed E-state index contributed by atoms with van der Waals surface area (Å²) in [5.41, 5.74) is 1.35. The van der Waals surface area contributed by atoms with Crippen LogP contribution in [0.15, 0.2) is 77.7 Å². The molecule has 1 heterocycles. The first-order valence-corrected chi connectivity index (χ1v) is 12.2. The SMILES string of the molecule is Fc1ccc(C2CCCN2)cc1.O=C(O)CN(c1ccc(Cl)cc1)S(=O)(=O)c1ccc(F)cc1. The maximum atomic E-state index is 12.9. The molecule has 1 aliphatic rings. The van der Waals surface area contributed by atoms with Gasteiger partial charge in [0.15, 0.2) is 0 Å². The zero-order valence-corrected chi connectivity index (χ0v) is 19.6. The minimum absolute atomic E-state index is 0.149. The average molecular weight is 509 g/mol. The van der Waals surface area contributed by atoms with Crippen molar-refractivity contribution in [3.63, 3.8) is 0 Å². The first-order valence-electron chi connectivity index (χ1n) is 10.4. The quantitative estimate of drug-likeness (QED) is 0.489. The van der Waals surface area contributed by atoms with Gasteiger partial charge in [-0.05, 0) is 85.6 Å². The predicted molar refractivity (Wildman–Crippen MR) is 126 cm³/mol. The van der Waals surface area contributed by atoms with Crippen LogP contribution >= 0.6 is 11.6 Å². The van der Waals surface area contributed by atoms with Crippen LogP contribution in [0.4, 0.5) is 14.5 Å². The minimum Gasteiger partial charge on any atom is -0.480 e. The number of anilines is 1. The summed E-state index contributed by atoms with van der Waals surface area (Å²) in [6.07, 6.45) is 2.40. The lowest BCUT2D eigenvalue weighted by molar-refractivity contribution is -0.135. The molecule has 4 rings (SSSR count). The van der Waals surface area contributed by atoms with Gasteiger partial charge < -0.3 is 10.4 Å². The molecule has 34 heavy (non-hydrogen) atoms. The summed E-state index contributed by atoms with van der Waals surface area (Å²) in [7, 11) is -4.14. The van der Waals surface area contributed by atoms with Gasteiger partial charge in [0.05, 0.1) is 10.6 Å². The van der Waals surface area contributed by atoms with Gasteiger partial charge in [0.1, 0.15) is 18.2 Å². The zero-order valence-electron chi connectivity index (χ0n) is 18.0. The second-order valence-electron chi connectivity index (χ2n) is 7.54. The first kappa shape index (κ1) is 25.6. The van der Waals surface area contributed by atoms with Crippen LogP contribution in [-0.4, -0.2) is 32.6 Å². The Morgan fingerprint density at radius 3 is 2.03 bits per heavy atom. The fourth-order valence-corrected chi connectivity index (χ4v) is 4.98. The number of aliphatic carboxylic acids is 1. The predicted octanol–water partition coefficient (Wildman–Crippen LogP) is 5.01. The van der Waals surface area contributed by atoms with E-state index in [-0.39, 0.29) is 16.4 Å². The summed E-state index contributed by atoms with van der Waals surface area (Å²) in [5, 5.41) is 12.7. The van der Waals surface area contributed by atoms with Crippen molar-refractivity contribution in [1.29, 1.82) is 0 Å². The molecule has 1 aliphatic heterocycles. The second-order valence-corrected chi connectivity index (χ2v) is 9.83. The number of carbonyl (C=O) groups is 1. The molecule has 10 heteroatoms. The van der Waals surface area contributed by atoms with Gasteiger partial charge in [-0.15, -0.1) is 0 Å². The summed E-state index contributed by atoms with van der Waals surface area (Å²) in [6, 6.07) is 17.1. The fraction of sp³-hybridized carbons (Fsp3) is 0.208. The number of nitrogens with zero attached hydrogens (tertiary/aromatic N) is 1. The Bertz CT molecular complexity index is 1200. The Labute approximate surface area is 201 Å². The van der Waals surface area contributed by atoms with E-state index in [2.05, 4.69) is 5.32 Å². The number of sulfonamides is 1. The van der Waals surface area contributed by atoms with Crippen molar-refractivity contribution in [2.24, 2.45) is 0 Å². The molecule has 0 aromatic heterocycles. The summed E-state index contributed by atoms with van der Waals surface area (Å²) in [5.74, 6) is -2.06. The van der Waals surface area contributed by atoms with E-state index in [0.29, 0.717) is 11.1 Å². The molecule has 6 nitrogen and oxygen atoms in total. The van der Waals surface area contributed by atoms with Crippen LogP contribution in [0.5, 0.6) is 0 Å². The molecule has 0 amide bonds. The van der Waals surface area contributed by atoms with Crippen molar-refractivity contribution in [2.45, 2.75) is 23.8 Å². The maximum absolute atomic E-state index is 12.9. The normalized spacial score (nSPS) is 15.3. The van der Waals surface area contributed by atoms with Gasteiger partial charge in [-0.25, -0.2) is 17.2 Å². The number of rotatable bonds is 6. The van der Waals surface area contributed by atoms with Crippen LogP contribution in [0.2, 0.25) is 5.02 Å². The molecule has 1 unspecified atom stereocenters. The third-order valence-electron chi connectivity index (χ3n) is 5.13. The maximum Gasteiger partial charge on any atom is 0.324 e. The van der Waals surface area contributed by atoms with Gasteiger partial charge in [-0.3, -0.25) is 9.10 Å². The standard InChI is InChI=1S/C14H11ClFNO4S.C10H12FN/c15-10-1-5-12(6-2-10)17(9-14(18)19)22(20,21)13-7-3-11(16)4-8-13;11-9-5-3-8(4-6-9)10-2-1-7-12-10/h1-8H,9H2,(H,18,19);3-6,10,12H,1-2,7H2.